The molecule has 2 aromatic heterocycles. The molecule has 0 spiro atoms. The first-order valence-electron chi connectivity index (χ1n) is 6.25. The molecule has 1 aromatic carbocycles. The molecule has 0 fully saturated rings. The van der Waals surface area contributed by atoms with Gasteiger partial charge in [0.15, 0.2) is 11.5 Å². The molecule has 2 heterocycles. The number of benzene rings is 1. The summed E-state index contributed by atoms with van der Waals surface area (Å²) in [5.41, 5.74) is -0.775. The molecule has 0 aliphatic carbocycles. The smallest absolute Gasteiger partial charge is 0.288 e. The molecule has 0 saturated heterocycles. The number of fused-ring (bicyclic) bond motifs is 1. The Morgan fingerprint density at radius 1 is 1.18 bits per heavy atom. The number of rotatable bonds is 2. The Kier molecular flexibility index (Phi) is 3.16. The first kappa shape index (κ1) is 14.2. The number of hydrogen-bond donors (Lipinski definition) is 0. The number of ketones is 1. The molecule has 0 radical (unpaired) electrons. The highest BCUT2D eigenvalue weighted by Gasteiger charge is 2.38. The van der Waals surface area contributed by atoms with Gasteiger partial charge in [-0.15, -0.1) is 0 Å². The highest BCUT2D eigenvalue weighted by atomic mass is 19.4. The first-order chi connectivity index (χ1) is 10.4. The fraction of sp³-hybridized carbons (Fsp3) is 0.143. The van der Waals surface area contributed by atoms with Gasteiger partial charge < -0.3 is 0 Å². The molecule has 0 saturated carbocycles. The standard InChI is InChI=1S/C14H9F3N4O/c1-8-2-4-9(5-3-8)11(22)10-6-21-13(18-7-19-21)20-12(10)14(15,16)17/h2-7H,1H3. The van der Waals surface area contributed by atoms with E-state index in [0.29, 0.717) is 0 Å². The normalized spacial score (nSPS) is 11.8. The van der Waals surface area contributed by atoms with Gasteiger partial charge in [0.2, 0.25) is 0 Å². The molecule has 5 nitrogen and oxygen atoms in total. The second-order valence-electron chi connectivity index (χ2n) is 4.70. The minimum absolute atomic E-state index is 0.150. The lowest BCUT2D eigenvalue weighted by atomic mass is 10.0. The van der Waals surface area contributed by atoms with Crippen LogP contribution in [0.25, 0.3) is 5.78 Å². The topological polar surface area (TPSA) is 60.2 Å². The van der Waals surface area contributed by atoms with Crippen molar-refractivity contribution in [3.63, 3.8) is 0 Å². The lowest BCUT2D eigenvalue weighted by Gasteiger charge is -2.11. The van der Waals surface area contributed by atoms with E-state index < -0.39 is 23.2 Å². The summed E-state index contributed by atoms with van der Waals surface area (Å²) < 4.78 is 40.5. The van der Waals surface area contributed by atoms with Gasteiger partial charge in [0.25, 0.3) is 5.78 Å². The van der Waals surface area contributed by atoms with Crippen LogP contribution in [0.5, 0.6) is 0 Å². The maximum Gasteiger partial charge on any atom is 0.434 e. The van der Waals surface area contributed by atoms with Crippen molar-refractivity contribution >= 4 is 11.6 Å². The van der Waals surface area contributed by atoms with Gasteiger partial charge in [0, 0.05) is 11.8 Å². The van der Waals surface area contributed by atoms with E-state index in [1.165, 1.54) is 12.1 Å². The van der Waals surface area contributed by atoms with Crippen LogP contribution in [0.1, 0.15) is 27.2 Å². The second kappa shape index (κ2) is 4.90. The Hall–Kier alpha value is -2.77. The van der Waals surface area contributed by atoms with Crippen LogP contribution in [0.2, 0.25) is 0 Å². The van der Waals surface area contributed by atoms with Crippen molar-refractivity contribution in [1.29, 1.82) is 0 Å². The molecule has 8 heteroatoms. The predicted octanol–water partition coefficient (Wildman–Crippen LogP) is 2.68. The third kappa shape index (κ3) is 2.43. The molecule has 0 aliphatic rings. The van der Waals surface area contributed by atoms with Gasteiger partial charge >= 0.3 is 6.18 Å². The van der Waals surface area contributed by atoms with Crippen molar-refractivity contribution < 1.29 is 18.0 Å². The molecular formula is C14H9F3N4O. The van der Waals surface area contributed by atoms with E-state index in [2.05, 4.69) is 15.1 Å². The van der Waals surface area contributed by atoms with Gasteiger partial charge in [-0.25, -0.2) is 9.50 Å². The summed E-state index contributed by atoms with van der Waals surface area (Å²) in [5, 5.41) is 3.72. The highest BCUT2D eigenvalue weighted by molar-refractivity contribution is 6.09. The summed E-state index contributed by atoms with van der Waals surface area (Å²) in [7, 11) is 0. The Balaban J connectivity index is 2.19. The van der Waals surface area contributed by atoms with Crippen molar-refractivity contribution in [1.82, 2.24) is 19.6 Å². The third-order valence-electron chi connectivity index (χ3n) is 3.10. The molecule has 112 valence electrons. The molecular weight excluding hydrogens is 297 g/mol. The predicted molar refractivity (Wildman–Crippen MR) is 70.4 cm³/mol. The number of nitrogens with zero attached hydrogens (tertiary/aromatic N) is 4. The lowest BCUT2D eigenvalue weighted by molar-refractivity contribution is -0.141. The highest BCUT2D eigenvalue weighted by Crippen LogP contribution is 2.31. The molecule has 0 N–H and O–H groups in total. The van der Waals surface area contributed by atoms with Crippen LogP contribution in [0.4, 0.5) is 13.2 Å². The fourth-order valence-corrected chi connectivity index (χ4v) is 2.00. The van der Waals surface area contributed by atoms with E-state index in [4.69, 9.17) is 0 Å². The van der Waals surface area contributed by atoms with Crippen molar-refractivity contribution in [3.05, 3.63) is 59.2 Å². The summed E-state index contributed by atoms with van der Waals surface area (Å²) in [4.78, 5) is 19.4. The number of hydrogen-bond acceptors (Lipinski definition) is 4. The van der Waals surface area contributed by atoms with Crippen LogP contribution < -0.4 is 0 Å². The number of aromatic nitrogens is 4. The van der Waals surface area contributed by atoms with Gasteiger partial charge in [-0.2, -0.15) is 23.3 Å². The summed E-state index contributed by atoms with van der Waals surface area (Å²) in [6.07, 6.45) is -2.69. The molecule has 3 aromatic rings. The molecule has 0 atom stereocenters. The van der Waals surface area contributed by atoms with Gasteiger partial charge in [0.1, 0.15) is 6.33 Å². The van der Waals surface area contributed by atoms with E-state index in [1.54, 1.807) is 12.1 Å². The zero-order chi connectivity index (χ0) is 15.9. The number of alkyl halides is 3. The Morgan fingerprint density at radius 3 is 2.50 bits per heavy atom. The minimum atomic E-state index is -4.76. The van der Waals surface area contributed by atoms with Crippen molar-refractivity contribution in [3.8, 4) is 0 Å². The number of aryl methyl sites for hydroxylation is 1. The lowest BCUT2D eigenvalue weighted by Crippen LogP contribution is -2.18. The molecule has 22 heavy (non-hydrogen) atoms. The minimum Gasteiger partial charge on any atom is -0.288 e. The van der Waals surface area contributed by atoms with Crippen LogP contribution in [0.3, 0.4) is 0 Å². The van der Waals surface area contributed by atoms with Crippen LogP contribution in [0, 0.1) is 6.92 Å². The maximum absolute atomic E-state index is 13.2. The van der Waals surface area contributed by atoms with E-state index in [9.17, 15) is 18.0 Å². The molecule has 3 rings (SSSR count). The van der Waals surface area contributed by atoms with E-state index >= 15 is 0 Å². The monoisotopic (exact) mass is 306 g/mol. The average Bonchev–Trinajstić information content (AvgIpc) is 2.92. The van der Waals surface area contributed by atoms with Crippen molar-refractivity contribution in [2.24, 2.45) is 0 Å². The number of halogens is 3. The zero-order valence-electron chi connectivity index (χ0n) is 11.3. The SMILES string of the molecule is Cc1ccc(C(=O)c2cn3ncnc3nc2C(F)(F)F)cc1. The van der Waals surface area contributed by atoms with Crippen LogP contribution in [-0.4, -0.2) is 25.4 Å². The number of carbonyl (C=O) groups excluding carboxylic acids is 1. The zero-order valence-corrected chi connectivity index (χ0v) is 11.3. The van der Waals surface area contributed by atoms with E-state index in [-0.39, 0.29) is 11.3 Å². The summed E-state index contributed by atoms with van der Waals surface area (Å²) in [6.45, 7) is 1.82. The fourth-order valence-electron chi connectivity index (χ4n) is 2.00. The quantitative estimate of drug-likeness (QED) is 0.683. The first-order valence-corrected chi connectivity index (χ1v) is 6.25. The van der Waals surface area contributed by atoms with E-state index in [0.717, 1.165) is 22.6 Å². The van der Waals surface area contributed by atoms with Gasteiger partial charge in [-0.05, 0) is 6.92 Å². The molecule has 0 unspecified atom stereocenters. The molecule has 0 bridgehead atoms. The largest absolute Gasteiger partial charge is 0.434 e. The van der Waals surface area contributed by atoms with Gasteiger partial charge in [-0.3, -0.25) is 4.79 Å². The summed E-state index contributed by atoms with van der Waals surface area (Å²) in [5.74, 6) is -0.981. The molecule has 0 amide bonds. The van der Waals surface area contributed by atoms with Crippen LogP contribution in [0.15, 0.2) is 36.8 Å². The van der Waals surface area contributed by atoms with Crippen LogP contribution in [-0.2, 0) is 6.18 Å². The van der Waals surface area contributed by atoms with E-state index in [1.807, 2.05) is 6.92 Å². The van der Waals surface area contributed by atoms with Gasteiger partial charge in [-0.1, -0.05) is 29.8 Å². The summed E-state index contributed by atoms with van der Waals surface area (Å²) >= 11 is 0. The number of carbonyl (C=O) groups is 1. The Morgan fingerprint density at radius 2 is 1.86 bits per heavy atom. The van der Waals surface area contributed by atoms with Crippen LogP contribution >= 0.6 is 0 Å². The molecule has 0 aliphatic heterocycles. The second-order valence-corrected chi connectivity index (χ2v) is 4.70. The van der Waals surface area contributed by atoms with Crippen molar-refractivity contribution in [2.75, 3.05) is 0 Å². The Bertz CT molecular complexity index is 853. The third-order valence-corrected chi connectivity index (χ3v) is 3.10. The van der Waals surface area contributed by atoms with Crippen molar-refractivity contribution in [2.45, 2.75) is 13.1 Å². The average molecular weight is 306 g/mol. The maximum atomic E-state index is 13.2. The Labute approximate surface area is 122 Å². The summed E-state index contributed by atoms with van der Waals surface area (Å²) in [6, 6.07) is 6.26. The van der Waals surface area contributed by atoms with Gasteiger partial charge in [0.05, 0.1) is 5.56 Å².